The molecule has 0 aliphatic heterocycles. The maximum absolute atomic E-state index is 13.6. The first-order valence-corrected chi connectivity index (χ1v) is 15.6. The van der Waals surface area contributed by atoms with E-state index >= 15 is 0 Å². The quantitative estimate of drug-likeness (QED) is 0.0931. The summed E-state index contributed by atoms with van der Waals surface area (Å²) in [6.07, 6.45) is 0.233. The Bertz CT molecular complexity index is 1210. The minimum absolute atomic E-state index is 0.0371. The summed E-state index contributed by atoms with van der Waals surface area (Å²) in [7, 11) is 0. The molecular weight excluding hydrogens is 648 g/mol. The van der Waals surface area contributed by atoms with Gasteiger partial charge in [-0.3, -0.25) is 4.79 Å². The Morgan fingerprint density at radius 3 is 1.50 bits per heavy atom. The number of halogens is 2. The maximum atomic E-state index is 13.6. The van der Waals surface area contributed by atoms with E-state index in [1.165, 1.54) is 22.7 Å². The average Bonchev–Trinajstić information content (AvgIpc) is 3.50. The van der Waals surface area contributed by atoms with Crippen molar-refractivity contribution in [1.82, 2.24) is 10.6 Å². The number of hydrogen-bond acceptors (Lipinski definition) is 7. The number of aliphatic hydroxyl groups is 2. The normalized spacial score (nSPS) is 12.9. The summed E-state index contributed by atoms with van der Waals surface area (Å²) >= 11 is 10.0. The van der Waals surface area contributed by atoms with Crippen molar-refractivity contribution in [3.05, 3.63) is 112 Å². The number of aliphatic hydroxyl groups excluding tert-OH is 2. The van der Waals surface area contributed by atoms with E-state index in [2.05, 4.69) is 42.5 Å². The molecule has 4 N–H and O–H groups in total. The van der Waals surface area contributed by atoms with Gasteiger partial charge in [0.2, 0.25) is 5.78 Å². The van der Waals surface area contributed by atoms with Crippen LogP contribution in [-0.2, 0) is 12.8 Å². The minimum atomic E-state index is -0.569. The Morgan fingerprint density at radius 1 is 0.711 bits per heavy atom. The topological polar surface area (TPSA) is 81.6 Å². The number of rotatable bonds is 14. The van der Waals surface area contributed by atoms with E-state index in [0.717, 1.165) is 39.6 Å². The summed E-state index contributed by atoms with van der Waals surface area (Å²) in [5, 5.41) is 27.4. The van der Waals surface area contributed by atoms with E-state index in [-0.39, 0.29) is 5.78 Å². The van der Waals surface area contributed by atoms with Crippen LogP contribution in [0.3, 0.4) is 0 Å². The van der Waals surface area contributed by atoms with Crippen molar-refractivity contribution in [3.8, 4) is 0 Å². The van der Waals surface area contributed by atoms with Crippen molar-refractivity contribution in [3.63, 3.8) is 0 Å². The summed E-state index contributed by atoms with van der Waals surface area (Å²) in [6, 6.07) is 23.2. The highest BCUT2D eigenvalue weighted by Gasteiger charge is 2.22. The molecule has 0 aliphatic rings. The number of nitrogens with one attached hydrogen (secondary N) is 2. The number of hydrogen-bond donors (Lipinski definition) is 4. The Labute approximate surface area is 248 Å². The smallest absolute Gasteiger partial charge is 0.213 e. The number of thiophene rings is 2. The van der Waals surface area contributed by atoms with Gasteiger partial charge >= 0.3 is 0 Å². The first kappa shape index (κ1) is 29.3. The summed E-state index contributed by atoms with van der Waals surface area (Å²) < 4.78 is 1.85. The Hall–Kier alpha value is -1.69. The van der Waals surface area contributed by atoms with Gasteiger partial charge in [0, 0.05) is 13.1 Å². The molecule has 0 saturated carbocycles. The van der Waals surface area contributed by atoms with Crippen LogP contribution in [0.1, 0.15) is 49.0 Å². The molecule has 0 spiro atoms. The standard InChI is InChI=1S/C29H30Br2N2O3S2/c30-25-15-21(11-13-32-17-23(34)19-7-3-1-4-8-19)28(37-25)27(36)29-22(16-26(31)38-29)12-14-33-18-24(35)20-9-5-2-6-10-20/h1-10,15-16,23-24,32-35H,11-14,17-18H2. The lowest BCUT2D eigenvalue weighted by molar-refractivity contribution is 0.104. The predicted molar refractivity (Wildman–Crippen MR) is 163 cm³/mol. The van der Waals surface area contributed by atoms with Gasteiger partial charge < -0.3 is 20.8 Å². The molecule has 5 nitrogen and oxygen atoms in total. The number of carbonyl (C=O) groups is 1. The summed E-state index contributed by atoms with van der Waals surface area (Å²) in [5.41, 5.74) is 3.75. The largest absolute Gasteiger partial charge is 0.387 e. The fourth-order valence-electron chi connectivity index (χ4n) is 4.16. The van der Waals surface area contributed by atoms with E-state index in [9.17, 15) is 15.0 Å². The summed E-state index contributed by atoms with van der Waals surface area (Å²) in [5.74, 6) is 0.0371. The van der Waals surface area contributed by atoms with E-state index < -0.39 is 12.2 Å². The zero-order valence-electron chi connectivity index (χ0n) is 20.7. The fourth-order valence-corrected chi connectivity index (χ4v) is 7.51. The molecule has 2 unspecified atom stereocenters. The van der Waals surface area contributed by atoms with Crippen LogP contribution < -0.4 is 10.6 Å². The van der Waals surface area contributed by atoms with E-state index in [0.29, 0.717) is 39.0 Å². The molecule has 2 heterocycles. The van der Waals surface area contributed by atoms with Crippen LogP contribution in [0, 0.1) is 0 Å². The van der Waals surface area contributed by atoms with Gasteiger partial charge in [-0.1, -0.05) is 60.7 Å². The molecule has 0 bridgehead atoms. The van der Waals surface area contributed by atoms with E-state index in [1.54, 1.807) is 0 Å². The van der Waals surface area contributed by atoms with Crippen LogP contribution in [-0.4, -0.2) is 42.2 Å². The first-order chi connectivity index (χ1) is 18.4. The summed E-state index contributed by atoms with van der Waals surface area (Å²) in [4.78, 5) is 15.1. The average molecular weight is 679 g/mol. The highest BCUT2D eigenvalue weighted by molar-refractivity contribution is 9.11. The van der Waals surface area contributed by atoms with Crippen molar-refractivity contribution in [1.29, 1.82) is 0 Å². The second-order valence-corrected chi connectivity index (χ2v) is 13.8. The second kappa shape index (κ2) is 14.6. The Balaban J connectivity index is 1.32. The van der Waals surface area contributed by atoms with Gasteiger partial charge in [-0.25, -0.2) is 0 Å². The highest BCUT2D eigenvalue weighted by Crippen LogP contribution is 2.35. The molecule has 4 aromatic rings. The number of ketones is 1. The van der Waals surface area contributed by atoms with Crippen LogP contribution in [0.5, 0.6) is 0 Å². The van der Waals surface area contributed by atoms with Crippen LogP contribution in [0.2, 0.25) is 0 Å². The molecule has 0 aliphatic carbocycles. The van der Waals surface area contributed by atoms with Crippen LogP contribution in [0.25, 0.3) is 0 Å². The maximum Gasteiger partial charge on any atom is 0.213 e. The van der Waals surface area contributed by atoms with Gasteiger partial charge in [0.05, 0.1) is 29.5 Å². The van der Waals surface area contributed by atoms with Crippen molar-refractivity contribution in [2.75, 3.05) is 26.2 Å². The molecule has 2 aromatic heterocycles. The minimum Gasteiger partial charge on any atom is -0.387 e. The van der Waals surface area contributed by atoms with Gasteiger partial charge in [0.25, 0.3) is 0 Å². The molecule has 9 heteroatoms. The van der Waals surface area contributed by atoms with Crippen molar-refractivity contribution >= 4 is 60.3 Å². The third-order valence-electron chi connectivity index (χ3n) is 6.16. The Kier molecular flexibility index (Phi) is 11.3. The molecule has 200 valence electrons. The van der Waals surface area contributed by atoms with Gasteiger partial charge in [-0.15, -0.1) is 22.7 Å². The van der Waals surface area contributed by atoms with Crippen LogP contribution >= 0.6 is 54.5 Å². The molecule has 0 amide bonds. The fraction of sp³-hybridized carbons (Fsp3) is 0.276. The van der Waals surface area contributed by atoms with Crippen LogP contribution in [0.4, 0.5) is 0 Å². The van der Waals surface area contributed by atoms with E-state index in [4.69, 9.17) is 0 Å². The third-order valence-corrected chi connectivity index (χ3v) is 9.51. The zero-order valence-corrected chi connectivity index (χ0v) is 25.5. The molecular formula is C29H30Br2N2O3S2. The lowest BCUT2D eigenvalue weighted by Crippen LogP contribution is -2.24. The Morgan fingerprint density at radius 2 is 1.11 bits per heavy atom. The molecule has 0 saturated heterocycles. The molecule has 2 aromatic carbocycles. The SMILES string of the molecule is O=C(c1sc(Br)cc1CCNCC(O)c1ccccc1)c1sc(Br)cc1CCNCC(O)c1ccccc1. The van der Waals surface area contributed by atoms with Gasteiger partial charge in [-0.05, 0) is 92.2 Å². The molecule has 2 atom stereocenters. The van der Waals surface area contributed by atoms with E-state index in [1.807, 2.05) is 72.8 Å². The number of benzene rings is 2. The molecule has 0 fully saturated rings. The van der Waals surface area contributed by atoms with Gasteiger partial charge in [0.1, 0.15) is 0 Å². The highest BCUT2D eigenvalue weighted by atomic mass is 79.9. The van der Waals surface area contributed by atoms with Crippen LogP contribution in [0.15, 0.2) is 80.4 Å². The lowest BCUT2D eigenvalue weighted by Gasteiger charge is -2.12. The molecule has 0 radical (unpaired) electrons. The third kappa shape index (κ3) is 8.16. The van der Waals surface area contributed by atoms with Crippen molar-refractivity contribution in [2.45, 2.75) is 25.0 Å². The van der Waals surface area contributed by atoms with Crippen molar-refractivity contribution < 1.29 is 15.0 Å². The number of carbonyl (C=O) groups excluding carboxylic acids is 1. The van der Waals surface area contributed by atoms with Crippen molar-refractivity contribution in [2.24, 2.45) is 0 Å². The van der Waals surface area contributed by atoms with Gasteiger partial charge in [-0.2, -0.15) is 0 Å². The zero-order chi connectivity index (χ0) is 26.9. The summed E-state index contributed by atoms with van der Waals surface area (Å²) in [6.45, 7) is 2.21. The monoisotopic (exact) mass is 676 g/mol. The molecule has 4 rings (SSSR count). The predicted octanol–water partition coefficient (Wildman–Crippen LogP) is 6.30. The first-order valence-electron chi connectivity index (χ1n) is 12.4. The second-order valence-electron chi connectivity index (χ2n) is 8.90. The molecule has 38 heavy (non-hydrogen) atoms. The van der Waals surface area contributed by atoms with Gasteiger partial charge in [0.15, 0.2) is 0 Å². The lowest BCUT2D eigenvalue weighted by atomic mass is 10.1.